The molecule has 0 spiro atoms. The van der Waals surface area contributed by atoms with Crippen molar-refractivity contribution in [1.82, 2.24) is 4.57 Å². The molecule has 4 nitrogen and oxygen atoms in total. The standard InChI is InChI=1S/C19H16N2O2/c1-2-23-19(22)17-11-15-9-6-10-16(12-20)18(15)21(17)13-14-7-4-3-5-8-14/h3-11H,2,13H2,1H3. The highest BCUT2D eigenvalue weighted by Gasteiger charge is 2.18. The lowest BCUT2D eigenvalue weighted by Gasteiger charge is -2.11. The molecule has 0 aliphatic rings. The molecule has 0 N–H and O–H groups in total. The van der Waals surface area contributed by atoms with Crippen molar-refractivity contribution >= 4 is 16.9 Å². The van der Waals surface area contributed by atoms with Crippen LogP contribution >= 0.6 is 0 Å². The Kier molecular flexibility index (Phi) is 4.11. The van der Waals surface area contributed by atoms with Gasteiger partial charge in [0.2, 0.25) is 0 Å². The van der Waals surface area contributed by atoms with E-state index in [1.54, 1.807) is 19.1 Å². The molecule has 0 amide bonds. The molecular weight excluding hydrogens is 288 g/mol. The second kappa shape index (κ2) is 6.37. The number of rotatable bonds is 4. The maximum Gasteiger partial charge on any atom is 0.354 e. The summed E-state index contributed by atoms with van der Waals surface area (Å²) in [6.45, 7) is 2.61. The fourth-order valence-electron chi connectivity index (χ4n) is 2.72. The van der Waals surface area contributed by atoms with E-state index in [2.05, 4.69) is 6.07 Å². The van der Waals surface area contributed by atoms with Crippen molar-refractivity contribution < 1.29 is 9.53 Å². The minimum Gasteiger partial charge on any atom is -0.461 e. The van der Waals surface area contributed by atoms with Crippen molar-refractivity contribution in [1.29, 1.82) is 5.26 Å². The minimum atomic E-state index is -0.372. The van der Waals surface area contributed by atoms with Gasteiger partial charge in [-0.15, -0.1) is 0 Å². The smallest absolute Gasteiger partial charge is 0.354 e. The number of hydrogen-bond acceptors (Lipinski definition) is 3. The summed E-state index contributed by atoms with van der Waals surface area (Å²) in [4.78, 5) is 12.3. The lowest BCUT2D eigenvalue weighted by atomic mass is 10.1. The molecule has 3 rings (SSSR count). The van der Waals surface area contributed by atoms with Crippen molar-refractivity contribution in [2.75, 3.05) is 6.61 Å². The molecule has 0 aliphatic carbocycles. The lowest BCUT2D eigenvalue weighted by Crippen LogP contribution is -2.13. The average molecular weight is 304 g/mol. The molecule has 0 saturated heterocycles. The number of para-hydroxylation sites is 1. The van der Waals surface area contributed by atoms with Gasteiger partial charge in [0, 0.05) is 11.9 Å². The minimum absolute atomic E-state index is 0.316. The summed E-state index contributed by atoms with van der Waals surface area (Å²) in [7, 11) is 0. The summed E-state index contributed by atoms with van der Waals surface area (Å²) < 4.78 is 7.03. The number of benzene rings is 2. The van der Waals surface area contributed by atoms with Gasteiger partial charge in [-0.25, -0.2) is 4.79 Å². The third-order valence-electron chi connectivity index (χ3n) is 3.71. The first-order valence-electron chi connectivity index (χ1n) is 7.48. The lowest BCUT2D eigenvalue weighted by molar-refractivity contribution is 0.0515. The number of hydrogen-bond donors (Lipinski definition) is 0. The Bertz CT molecular complexity index is 889. The van der Waals surface area contributed by atoms with Gasteiger partial charge in [0.05, 0.1) is 17.7 Å². The van der Waals surface area contributed by atoms with E-state index in [1.165, 1.54) is 0 Å². The summed E-state index contributed by atoms with van der Waals surface area (Å²) in [5, 5.41) is 10.3. The monoisotopic (exact) mass is 304 g/mol. The van der Waals surface area contributed by atoms with Gasteiger partial charge in [-0.05, 0) is 24.6 Å². The Balaban J connectivity index is 2.20. The van der Waals surface area contributed by atoms with Crippen LogP contribution in [0.3, 0.4) is 0 Å². The zero-order valence-electron chi connectivity index (χ0n) is 12.8. The van der Waals surface area contributed by atoms with Crippen LogP contribution in [-0.2, 0) is 11.3 Å². The highest BCUT2D eigenvalue weighted by Crippen LogP contribution is 2.25. The first-order chi connectivity index (χ1) is 11.2. The van der Waals surface area contributed by atoms with Crippen LogP contribution in [0.1, 0.15) is 28.5 Å². The first-order valence-corrected chi connectivity index (χ1v) is 7.48. The highest BCUT2D eigenvalue weighted by molar-refractivity contribution is 5.97. The van der Waals surface area contributed by atoms with Gasteiger partial charge < -0.3 is 9.30 Å². The molecule has 0 fully saturated rings. The fraction of sp³-hybridized carbons (Fsp3) is 0.158. The molecule has 23 heavy (non-hydrogen) atoms. The Morgan fingerprint density at radius 3 is 2.65 bits per heavy atom. The zero-order chi connectivity index (χ0) is 16.2. The molecule has 0 unspecified atom stereocenters. The van der Waals surface area contributed by atoms with E-state index in [-0.39, 0.29) is 5.97 Å². The maximum absolute atomic E-state index is 12.3. The fourth-order valence-corrected chi connectivity index (χ4v) is 2.72. The molecule has 0 saturated carbocycles. The maximum atomic E-state index is 12.3. The molecule has 1 heterocycles. The molecule has 0 radical (unpaired) electrons. The first kappa shape index (κ1) is 14.9. The van der Waals surface area contributed by atoms with Crippen LogP contribution in [0.4, 0.5) is 0 Å². The number of fused-ring (bicyclic) bond motifs is 1. The van der Waals surface area contributed by atoms with E-state index in [1.807, 2.05) is 47.0 Å². The van der Waals surface area contributed by atoms with Gasteiger partial charge in [-0.3, -0.25) is 0 Å². The van der Waals surface area contributed by atoms with Crippen molar-refractivity contribution in [2.45, 2.75) is 13.5 Å². The Hall–Kier alpha value is -3.06. The van der Waals surface area contributed by atoms with Crippen LogP contribution in [0.25, 0.3) is 10.9 Å². The van der Waals surface area contributed by atoms with Crippen LogP contribution in [0.15, 0.2) is 54.6 Å². The van der Waals surface area contributed by atoms with E-state index >= 15 is 0 Å². The quantitative estimate of drug-likeness (QED) is 0.690. The van der Waals surface area contributed by atoms with Crippen LogP contribution in [0.5, 0.6) is 0 Å². The second-order valence-corrected chi connectivity index (χ2v) is 5.18. The summed E-state index contributed by atoms with van der Waals surface area (Å²) in [5.74, 6) is -0.372. The van der Waals surface area contributed by atoms with Crippen LogP contribution in [0.2, 0.25) is 0 Å². The highest BCUT2D eigenvalue weighted by atomic mass is 16.5. The van der Waals surface area contributed by atoms with Crippen molar-refractivity contribution in [3.63, 3.8) is 0 Å². The second-order valence-electron chi connectivity index (χ2n) is 5.18. The predicted octanol–water partition coefficient (Wildman–Crippen LogP) is 3.74. The molecule has 0 aliphatic heterocycles. The van der Waals surface area contributed by atoms with Gasteiger partial charge in [-0.2, -0.15) is 5.26 Å². The summed E-state index contributed by atoms with van der Waals surface area (Å²) >= 11 is 0. The van der Waals surface area contributed by atoms with E-state index in [9.17, 15) is 10.1 Å². The van der Waals surface area contributed by atoms with Crippen LogP contribution < -0.4 is 0 Å². The van der Waals surface area contributed by atoms with Crippen molar-refractivity contribution in [3.05, 3.63) is 71.4 Å². The summed E-state index contributed by atoms with van der Waals surface area (Å²) in [5.41, 5.74) is 2.84. The largest absolute Gasteiger partial charge is 0.461 e. The van der Waals surface area contributed by atoms with Crippen molar-refractivity contribution in [3.8, 4) is 6.07 Å². The van der Waals surface area contributed by atoms with Gasteiger partial charge in [-0.1, -0.05) is 42.5 Å². The molecule has 1 aromatic heterocycles. The Labute approximate surface area is 134 Å². The van der Waals surface area contributed by atoms with Gasteiger partial charge in [0.25, 0.3) is 0 Å². The van der Waals surface area contributed by atoms with Gasteiger partial charge >= 0.3 is 5.97 Å². The molecule has 3 aromatic rings. The summed E-state index contributed by atoms with van der Waals surface area (Å²) in [6.07, 6.45) is 0. The topological polar surface area (TPSA) is 55.0 Å². The molecule has 2 aromatic carbocycles. The third kappa shape index (κ3) is 2.82. The van der Waals surface area contributed by atoms with E-state index in [4.69, 9.17) is 4.74 Å². The SMILES string of the molecule is CCOC(=O)c1cc2cccc(C#N)c2n1Cc1ccccc1. The van der Waals surface area contributed by atoms with E-state index in [0.717, 1.165) is 16.5 Å². The van der Waals surface area contributed by atoms with E-state index in [0.29, 0.717) is 24.4 Å². The van der Waals surface area contributed by atoms with Gasteiger partial charge in [0.1, 0.15) is 11.8 Å². The van der Waals surface area contributed by atoms with Crippen LogP contribution in [-0.4, -0.2) is 17.1 Å². The summed E-state index contributed by atoms with van der Waals surface area (Å²) in [6, 6.07) is 19.3. The number of carbonyl (C=O) groups is 1. The number of aromatic nitrogens is 1. The Morgan fingerprint density at radius 2 is 1.96 bits per heavy atom. The zero-order valence-corrected chi connectivity index (χ0v) is 12.8. The number of nitriles is 1. The normalized spacial score (nSPS) is 10.4. The number of ether oxygens (including phenoxy) is 1. The number of nitrogens with zero attached hydrogens (tertiary/aromatic N) is 2. The Morgan fingerprint density at radius 1 is 1.17 bits per heavy atom. The predicted molar refractivity (Wildman–Crippen MR) is 88.2 cm³/mol. The average Bonchev–Trinajstić information content (AvgIpc) is 2.95. The van der Waals surface area contributed by atoms with Gasteiger partial charge in [0.15, 0.2) is 0 Å². The van der Waals surface area contributed by atoms with E-state index < -0.39 is 0 Å². The molecular formula is C19H16N2O2. The number of esters is 1. The van der Waals surface area contributed by atoms with Crippen molar-refractivity contribution in [2.24, 2.45) is 0 Å². The van der Waals surface area contributed by atoms with Crippen LogP contribution in [0, 0.1) is 11.3 Å². The molecule has 0 bridgehead atoms. The number of carbonyl (C=O) groups excluding carboxylic acids is 1. The molecule has 4 heteroatoms. The molecule has 114 valence electrons. The molecule has 0 atom stereocenters. The third-order valence-corrected chi connectivity index (χ3v) is 3.71.